The smallest absolute Gasteiger partial charge is 0.236 e. The summed E-state index contributed by atoms with van der Waals surface area (Å²) in [6.07, 6.45) is 1.29. The molecule has 1 unspecified atom stereocenters. The zero-order chi connectivity index (χ0) is 14.3. The van der Waals surface area contributed by atoms with Gasteiger partial charge in [-0.15, -0.1) is 0 Å². The average molecular weight is 322 g/mol. The molecule has 1 atom stereocenters. The predicted molar refractivity (Wildman–Crippen MR) is 80.7 cm³/mol. The molecular formula is C11H18N2O3S3. The molecule has 1 heterocycles. The van der Waals surface area contributed by atoms with Crippen LogP contribution in [0.3, 0.4) is 0 Å². The summed E-state index contributed by atoms with van der Waals surface area (Å²) in [5.74, 6) is 1.05. The Morgan fingerprint density at radius 3 is 2.63 bits per heavy atom. The van der Waals surface area contributed by atoms with Crippen LogP contribution in [0, 0.1) is 5.41 Å². The summed E-state index contributed by atoms with van der Waals surface area (Å²) in [6.45, 7) is 2.06. The van der Waals surface area contributed by atoms with Gasteiger partial charge >= 0.3 is 0 Å². The Kier molecular flexibility index (Phi) is 4.13. The Labute approximate surface area is 123 Å². The van der Waals surface area contributed by atoms with E-state index in [2.05, 4.69) is 0 Å². The van der Waals surface area contributed by atoms with Crippen molar-refractivity contribution in [2.45, 2.75) is 25.1 Å². The van der Waals surface area contributed by atoms with Crippen molar-refractivity contribution in [1.29, 1.82) is 0 Å². The van der Waals surface area contributed by atoms with E-state index in [0.717, 1.165) is 5.75 Å². The number of sulfone groups is 1. The van der Waals surface area contributed by atoms with E-state index in [0.29, 0.717) is 25.1 Å². The Bertz CT molecular complexity index is 499. The van der Waals surface area contributed by atoms with E-state index in [9.17, 15) is 13.2 Å². The first-order chi connectivity index (χ1) is 8.85. The summed E-state index contributed by atoms with van der Waals surface area (Å²) in [7, 11) is -3.27. The van der Waals surface area contributed by atoms with Crippen LogP contribution >= 0.6 is 24.0 Å². The van der Waals surface area contributed by atoms with Gasteiger partial charge in [-0.25, -0.2) is 8.42 Å². The quantitative estimate of drug-likeness (QED) is 0.754. The fourth-order valence-electron chi connectivity index (χ4n) is 2.27. The molecule has 2 N–H and O–H groups in total. The average Bonchev–Trinajstić information content (AvgIpc) is 3.19. The Balaban J connectivity index is 2.26. The van der Waals surface area contributed by atoms with Gasteiger partial charge in [-0.1, -0.05) is 19.1 Å². The van der Waals surface area contributed by atoms with Crippen LogP contribution in [-0.4, -0.2) is 53.4 Å². The first-order valence-electron chi connectivity index (χ1n) is 6.25. The van der Waals surface area contributed by atoms with Gasteiger partial charge in [0.05, 0.1) is 10.4 Å². The van der Waals surface area contributed by atoms with Gasteiger partial charge in [0.1, 0.15) is 5.37 Å². The fraction of sp³-hybridized carbons (Fsp3) is 0.818. The van der Waals surface area contributed by atoms with Crippen LogP contribution in [0.25, 0.3) is 0 Å². The van der Waals surface area contributed by atoms with Crippen LogP contribution < -0.4 is 5.73 Å². The molecule has 0 radical (unpaired) electrons. The molecule has 8 heteroatoms. The van der Waals surface area contributed by atoms with Crippen molar-refractivity contribution in [3.63, 3.8) is 0 Å². The van der Waals surface area contributed by atoms with Gasteiger partial charge in [0.15, 0.2) is 9.84 Å². The largest absolute Gasteiger partial charge is 0.392 e. The maximum absolute atomic E-state index is 12.6. The van der Waals surface area contributed by atoms with E-state index in [4.69, 9.17) is 18.0 Å². The summed E-state index contributed by atoms with van der Waals surface area (Å²) in [4.78, 5) is 14.3. The zero-order valence-corrected chi connectivity index (χ0v) is 13.2. The predicted octanol–water partition coefficient (Wildman–Crippen LogP) is 0.389. The number of carbonyl (C=O) groups excluding carboxylic acids is 1. The lowest BCUT2D eigenvalue weighted by molar-refractivity contribution is -0.134. The molecule has 0 aromatic carbocycles. The van der Waals surface area contributed by atoms with Crippen molar-refractivity contribution in [3.8, 4) is 0 Å². The van der Waals surface area contributed by atoms with Gasteiger partial charge in [-0.05, 0) is 12.8 Å². The highest BCUT2D eigenvalue weighted by atomic mass is 32.2. The molecule has 19 heavy (non-hydrogen) atoms. The van der Waals surface area contributed by atoms with Crippen molar-refractivity contribution >= 4 is 44.7 Å². The van der Waals surface area contributed by atoms with Crippen molar-refractivity contribution in [3.05, 3.63) is 0 Å². The third-order valence-corrected chi connectivity index (χ3v) is 7.47. The number of nitrogens with two attached hydrogens (primary N) is 1. The lowest BCUT2D eigenvalue weighted by atomic mass is 10.1. The third kappa shape index (κ3) is 2.62. The first kappa shape index (κ1) is 15.1. The second kappa shape index (κ2) is 5.21. The van der Waals surface area contributed by atoms with E-state index in [1.54, 1.807) is 18.7 Å². The molecule has 0 aromatic heterocycles. The number of carbonyl (C=O) groups is 1. The minimum atomic E-state index is -3.27. The van der Waals surface area contributed by atoms with E-state index in [1.807, 2.05) is 0 Å². The molecule has 0 spiro atoms. The summed E-state index contributed by atoms with van der Waals surface area (Å²) in [6, 6.07) is 0. The van der Waals surface area contributed by atoms with E-state index in [-0.39, 0.29) is 16.6 Å². The van der Waals surface area contributed by atoms with Crippen LogP contribution in [0.5, 0.6) is 0 Å². The molecule has 0 bridgehead atoms. The lowest BCUT2D eigenvalue weighted by Crippen LogP contribution is -2.54. The van der Waals surface area contributed by atoms with Crippen LogP contribution in [-0.2, 0) is 14.6 Å². The highest BCUT2D eigenvalue weighted by Gasteiger charge is 2.56. The molecule has 1 aliphatic heterocycles. The van der Waals surface area contributed by atoms with E-state index in [1.165, 1.54) is 4.90 Å². The maximum Gasteiger partial charge on any atom is 0.236 e. The molecule has 108 valence electrons. The topological polar surface area (TPSA) is 80.5 Å². The van der Waals surface area contributed by atoms with Gasteiger partial charge < -0.3 is 10.6 Å². The van der Waals surface area contributed by atoms with Gasteiger partial charge in [-0.2, -0.15) is 11.8 Å². The summed E-state index contributed by atoms with van der Waals surface area (Å²) in [5, 5.41) is -0.726. The molecule has 0 aromatic rings. The van der Waals surface area contributed by atoms with Crippen molar-refractivity contribution in [1.82, 2.24) is 4.90 Å². The third-order valence-electron chi connectivity index (χ3n) is 3.79. The second-order valence-electron chi connectivity index (χ2n) is 4.93. The summed E-state index contributed by atoms with van der Waals surface area (Å²) >= 11 is 6.54. The van der Waals surface area contributed by atoms with Crippen LogP contribution in [0.4, 0.5) is 0 Å². The molecule has 2 aliphatic rings. The van der Waals surface area contributed by atoms with Crippen molar-refractivity contribution in [2.75, 3.05) is 23.8 Å². The number of amides is 1. The second-order valence-corrected chi connectivity index (χ2v) is 8.96. The highest BCUT2D eigenvalue weighted by Crippen LogP contribution is 2.48. The molecule has 1 saturated carbocycles. The Hall–Kier alpha value is -0.340. The summed E-state index contributed by atoms with van der Waals surface area (Å²) in [5.41, 5.74) is 4.89. The summed E-state index contributed by atoms with van der Waals surface area (Å²) < 4.78 is 24.2. The van der Waals surface area contributed by atoms with Gasteiger partial charge in [0.2, 0.25) is 5.91 Å². The minimum absolute atomic E-state index is 0.0437. The molecule has 2 fully saturated rings. The van der Waals surface area contributed by atoms with Gasteiger partial charge in [0, 0.05) is 23.8 Å². The molecule has 2 rings (SSSR count). The maximum atomic E-state index is 12.6. The highest BCUT2D eigenvalue weighted by molar-refractivity contribution is 8.01. The SMILES string of the molecule is CCS(=O)(=O)C1CSCCN1C(=O)C1(C(N)=S)CC1. The van der Waals surface area contributed by atoms with Crippen LogP contribution in [0.2, 0.25) is 0 Å². The number of thioether (sulfide) groups is 1. The number of nitrogens with zero attached hydrogens (tertiary/aromatic N) is 1. The van der Waals surface area contributed by atoms with Crippen LogP contribution in [0.15, 0.2) is 0 Å². The van der Waals surface area contributed by atoms with E-state index < -0.39 is 20.6 Å². The lowest BCUT2D eigenvalue weighted by Gasteiger charge is -2.36. The first-order valence-corrected chi connectivity index (χ1v) is 9.53. The number of hydrogen-bond acceptors (Lipinski definition) is 5. The molecule has 1 saturated heterocycles. The normalized spacial score (nSPS) is 25.9. The monoisotopic (exact) mass is 322 g/mol. The zero-order valence-electron chi connectivity index (χ0n) is 10.8. The molecular weight excluding hydrogens is 304 g/mol. The number of thiocarbonyl (C=S) groups is 1. The number of rotatable bonds is 4. The standard InChI is InChI=1S/C11H18N2O3S3/c1-2-19(15,16)8-7-18-6-5-13(8)10(14)11(3-4-11)9(12)17/h8H,2-7H2,1H3,(H2,12,17). The van der Waals surface area contributed by atoms with Gasteiger partial charge in [-0.3, -0.25) is 4.79 Å². The van der Waals surface area contributed by atoms with Gasteiger partial charge in [0.25, 0.3) is 0 Å². The van der Waals surface area contributed by atoms with Crippen molar-refractivity contribution < 1.29 is 13.2 Å². The van der Waals surface area contributed by atoms with E-state index >= 15 is 0 Å². The Morgan fingerprint density at radius 2 is 2.16 bits per heavy atom. The number of hydrogen-bond donors (Lipinski definition) is 1. The Morgan fingerprint density at radius 1 is 1.53 bits per heavy atom. The minimum Gasteiger partial charge on any atom is -0.392 e. The molecule has 1 amide bonds. The fourth-order valence-corrected chi connectivity index (χ4v) is 5.53. The molecule has 5 nitrogen and oxygen atoms in total. The van der Waals surface area contributed by atoms with Crippen molar-refractivity contribution in [2.24, 2.45) is 11.1 Å². The van der Waals surface area contributed by atoms with Crippen LogP contribution in [0.1, 0.15) is 19.8 Å². The molecule has 1 aliphatic carbocycles.